The Hall–Kier alpha value is -3.52. The lowest BCUT2D eigenvalue weighted by Gasteiger charge is -2.30. The van der Waals surface area contributed by atoms with Gasteiger partial charge in [-0.15, -0.1) is 0 Å². The van der Waals surface area contributed by atoms with Gasteiger partial charge in [-0.05, 0) is 51.9 Å². The van der Waals surface area contributed by atoms with E-state index in [1.54, 1.807) is 17.0 Å². The minimum Gasteiger partial charge on any atom is -0.339 e. The molecule has 178 valence electrons. The van der Waals surface area contributed by atoms with Crippen molar-refractivity contribution in [1.82, 2.24) is 19.9 Å². The van der Waals surface area contributed by atoms with Gasteiger partial charge in [0.15, 0.2) is 0 Å². The highest BCUT2D eigenvalue weighted by atomic mass is 16.5. The largest absolute Gasteiger partial charge is 0.339 e. The molecule has 8 heteroatoms. The van der Waals surface area contributed by atoms with Gasteiger partial charge in [0, 0.05) is 24.6 Å². The van der Waals surface area contributed by atoms with E-state index in [-0.39, 0.29) is 17.7 Å². The molecule has 8 nitrogen and oxygen atoms in total. The quantitative estimate of drug-likeness (QED) is 0.544. The molecule has 4 rings (SSSR count). The summed E-state index contributed by atoms with van der Waals surface area (Å²) in [7, 11) is 0. The molecule has 2 heterocycles. The van der Waals surface area contributed by atoms with Crippen LogP contribution in [0.2, 0.25) is 0 Å². The lowest BCUT2D eigenvalue weighted by Crippen LogP contribution is -2.38. The zero-order valence-corrected chi connectivity index (χ0v) is 19.7. The molecule has 1 N–H and O–H groups in total. The first kappa shape index (κ1) is 23.6. The molecule has 1 saturated heterocycles. The van der Waals surface area contributed by atoms with Crippen LogP contribution in [0, 0.1) is 5.92 Å². The second-order valence-electron chi connectivity index (χ2n) is 8.44. The number of nitrogens with one attached hydrogen (secondary N) is 1. The summed E-state index contributed by atoms with van der Waals surface area (Å²) < 4.78 is 5.43. The average Bonchev–Trinajstić information content (AvgIpc) is 3.34. The van der Waals surface area contributed by atoms with Crippen molar-refractivity contribution in [2.45, 2.75) is 33.2 Å². The van der Waals surface area contributed by atoms with E-state index in [2.05, 4.69) is 20.4 Å². The van der Waals surface area contributed by atoms with Gasteiger partial charge in [0.05, 0.1) is 17.8 Å². The Morgan fingerprint density at radius 1 is 1.03 bits per heavy atom. The molecule has 1 aliphatic heterocycles. The molecule has 0 aliphatic carbocycles. The van der Waals surface area contributed by atoms with E-state index in [4.69, 9.17) is 4.52 Å². The van der Waals surface area contributed by atoms with Crippen molar-refractivity contribution in [3.63, 3.8) is 0 Å². The van der Waals surface area contributed by atoms with Gasteiger partial charge in [0.1, 0.15) is 0 Å². The predicted molar refractivity (Wildman–Crippen MR) is 130 cm³/mol. The van der Waals surface area contributed by atoms with E-state index < -0.39 is 0 Å². The van der Waals surface area contributed by atoms with Gasteiger partial charge >= 0.3 is 0 Å². The summed E-state index contributed by atoms with van der Waals surface area (Å²) >= 11 is 0. The van der Waals surface area contributed by atoms with Crippen LogP contribution in [0.5, 0.6) is 0 Å². The van der Waals surface area contributed by atoms with Gasteiger partial charge in [-0.2, -0.15) is 4.98 Å². The molecular weight excluding hydrogens is 430 g/mol. The number of carbonyl (C=O) groups excluding carboxylic acids is 2. The Morgan fingerprint density at radius 3 is 2.41 bits per heavy atom. The van der Waals surface area contributed by atoms with Crippen molar-refractivity contribution in [1.29, 1.82) is 0 Å². The average molecular weight is 462 g/mol. The molecular formula is C26H31N5O3. The van der Waals surface area contributed by atoms with Crippen LogP contribution >= 0.6 is 0 Å². The molecule has 0 radical (unpaired) electrons. The summed E-state index contributed by atoms with van der Waals surface area (Å²) in [5.41, 5.74) is 2.03. The van der Waals surface area contributed by atoms with Crippen LogP contribution in [-0.4, -0.2) is 57.9 Å². The van der Waals surface area contributed by atoms with Crippen LogP contribution in [-0.2, 0) is 11.3 Å². The van der Waals surface area contributed by atoms with Crippen molar-refractivity contribution in [3.05, 3.63) is 66.1 Å². The predicted octanol–water partition coefficient (Wildman–Crippen LogP) is 4.07. The molecule has 1 aliphatic rings. The molecule has 34 heavy (non-hydrogen) atoms. The van der Waals surface area contributed by atoms with Crippen LogP contribution in [0.1, 0.15) is 42.9 Å². The molecule has 1 aromatic heterocycles. The number of nitrogens with zero attached hydrogens (tertiary/aromatic N) is 4. The molecule has 3 aromatic rings. The molecule has 0 bridgehead atoms. The Kier molecular flexibility index (Phi) is 7.69. The summed E-state index contributed by atoms with van der Waals surface area (Å²) in [6.07, 6.45) is 1.47. The van der Waals surface area contributed by atoms with E-state index in [1.807, 2.05) is 56.3 Å². The van der Waals surface area contributed by atoms with Crippen LogP contribution in [0.15, 0.2) is 59.1 Å². The highest BCUT2D eigenvalue weighted by Crippen LogP contribution is 2.24. The van der Waals surface area contributed by atoms with E-state index >= 15 is 0 Å². The molecule has 2 amide bonds. The van der Waals surface area contributed by atoms with Crippen LogP contribution in [0.3, 0.4) is 0 Å². The third kappa shape index (κ3) is 5.51. The monoisotopic (exact) mass is 461 g/mol. The van der Waals surface area contributed by atoms with Gasteiger partial charge in [-0.3, -0.25) is 14.5 Å². The number of para-hydroxylation sites is 1. The Morgan fingerprint density at radius 2 is 1.71 bits per heavy atom. The Balaban J connectivity index is 1.32. The van der Waals surface area contributed by atoms with Crippen molar-refractivity contribution < 1.29 is 14.1 Å². The topological polar surface area (TPSA) is 91.6 Å². The number of benzene rings is 2. The molecule has 0 atom stereocenters. The van der Waals surface area contributed by atoms with Crippen LogP contribution < -0.4 is 5.32 Å². The van der Waals surface area contributed by atoms with Crippen molar-refractivity contribution >= 4 is 17.5 Å². The lowest BCUT2D eigenvalue weighted by atomic mass is 9.95. The third-order valence-electron chi connectivity index (χ3n) is 6.28. The highest BCUT2D eigenvalue weighted by Gasteiger charge is 2.27. The van der Waals surface area contributed by atoms with Gasteiger partial charge in [-0.1, -0.05) is 47.6 Å². The molecule has 1 fully saturated rings. The zero-order chi connectivity index (χ0) is 23.9. The number of likely N-dealkylation sites (tertiary alicyclic amines) is 1. The summed E-state index contributed by atoms with van der Waals surface area (Å²) in [5.74, 6) is 0.956. The first-order valence-electron chi connectivity index (χ1n) is 11.9. The summed E-state index contributed by atoms with van der Waals surface area (Å²) in [5, 5.41) is 7.09. The number of piperidine rings is 1. The van der Waals surface area contributed by atoms with E-state index in [0.717, 1.165) is 31.5 Å². The van der Waals surface area contributed by atoms with E-state index in [1.165, 1.54) is 0 Å². The smallest absolute Gasteiger partial charge is 0.255 e. The van der Waals surface area contributed by atoms with Gasteiger partial charge in [0.2, 0.25) is 17.6 Å². The first-order chi connectivity index (χ1) is 16.6. The maximum absolute atomic E-state index is 13.0. The van der Waals surface area contributed by atoms with Crippen LogP contribution in [0.4, 0.5) is 5.69 Å². The maximum Gasteiger partial charge on any atom is 0.255 e. The van der Waals surface area contributed by atoms with E-state index in [0.29, 0.717) is 42.6 Å². The molecule has 2 aromatic carbocycles. The molecule has 0 unspecified atom stereocenters. The number of anilines is 1. The molecule has 0 spiro atoms. The summed E-state index contributed by atoms with van der Waals surface area (Å²) in [6, 6.07) is 17.0. The first-order valence-corrected chi connectivity index (χ1v) is 11.9. The summed E-state index contributed by atoms with van der Waals surface area (Å²) in [6.45, 7) is 7.25. The molecule has 0 saturated carbocycles. The third-order valence-corrected chi connectivity index (χ3v) is 6.28. The summed E-state index contributed by atoms with van der Waals surface area (Å²) in [4.78, 5) is 34.3. The van der Waals surface area contributed by atoms with Gasteiger partial charge < -0.3 is 14.7 Å². The second kappa shape index (κ2) is 11.1. The van der Waals surface area contributed by atoms with E-state index in [9.17, 15) is 9.59 Å². The standard InChI is InChI=1S/C26H31N5O3/c1-3-31(4-2)26(33)21-12-8-9-13-22(21)27-25(32)20-14-16-30(17-15-20)18-23-28-24(29-34-23)19-10-6-5-7-11-19/h5-13,20H,3-4,14-18H2,1-2H3,(H,27,32). The maximum atomic E-state index is 13.0. The van der Waals surface area contributed by atoms with Crippen LogP contribution in [0.25, 0.3) is 11.4 Å². The minimum atomic E-state index is -0.101. The van der Waals surface area contributed by atoms with Gasteiger partial charge in [0.25, 0.3) is 5.91 Å². The highest BCUT2D eigenvalue weighted by molar-refractivity contribution is 6.04. The number of carbonyl (C=O) groups is 2. The second-order valence-corrected chi connectivity index (χ2v) is 8.44. The van der Waals surface area contributed by atoms with Gasteiger partial charge in [-0.25, -0.2) is 0 Å². The fraction of sp³-hybridized carbons (Fsp3) is 0.385. The number of amides is 2. The normalized spacial score (nSPS) is 14.6. The van der Waals surface area contributed by atoms with Crippen molar-refractivity contribution in [2.75, 3.05) is 31.5 Å². The fourth-order valence-corrected chi connectivity index (χ4v) is 4.26. The minimum absolute atomic E-state index is 0.0383. The van der Waals surface area contributed by atoms with Crippen molar-refractivity contribution in [3.8, 4) is 11.4 Å². The van der Waals surface area contributed by atoms with Crippen molar-refractivity contribution in [2.24, 2.45) is 5.92 Å². The fourth-order valence-electron chi connectivity index (χ4n) is 4.26. The Labute approximate surface area is 199 Å². The number of hydrogen-bond donors (Lipinski definition) is 1. The Bertz CT molecular complexity index is 1100. The number of rotatable bonds is 8. The lowest BCUT2D eigenvalue weighted by molar-refractivity contribution is -0.121. The number of hydrogen-bond acceptors (Lipinski definition) is 6. The zero-order valence-electron chi connectivity index (χ0n) is 19.7. The SMILES string of the molecule is CCN(CC)C(=O)c1ccccc1NC(=O)C1CCN(Cc2nc(-c3ccccc3)no2)CC1. The number of aromatic nitrogens is 2.